The van der Waals surface area contributed by atoms with Gasteiger partial charge in [-0.3, -0.25) is 9.59 Å². The van der Waals surface area contributed by atoms with Gasteiger partial charge in [-0.25, -0.2) is 0 Å². The first kappa shape index (κ1) is 68.3. The molecule has 0 rings (SSSR count). The van der Waals surface area contributed by atoms with Crippen LogP contribution in [0.5, 0.6) is 0 Å². The van der Waals surface area contributed by atoms with Gasteiger partial charge in [-0.2, -0.15) is 0 Å². The molecule has 0 saturated heterocycles. The Morgan fingerprint density at radius 1 is 0.386 bits per heavy atom. The summed E-state index contributed by atoms with van der Waals surface area (Å²) in [5.41, 5.74) is 0. The fourth-order valence-electron chi connectivity index (χ4n) is 9.87. The minimum absolute atomic E-state index is 0.0186. The van der Waals surface area contributed by atoms with Crippen LogP contribution >= 0.6 is 0 Å². The van der Waals surface area contributed by atoms with Gasteiger partial charge >= 0.3 is 5.97 Å². The van der Waals surface area contributed by atoms with Crippen molar-refractivity contribution in [3.63, 3.8) is 0 Å². The quantitative estimate of drug-likeness (QED) is 0.0321. The van der Waals surface area contributed by atoms with Crippen molar-refractivity contribution in [2.75, 3.05) is 13.2 Å². The maximum atomic E-state index is 12.4. The standard InChI is InChI=1S/C64H123NO5/c1-3-5-7-9-11-13-15-16-31-35-38-42-46-50-54-58-64(69)70-59-55-51-47-43-39-36-33-30-28-26-24-22-20-18-17-19-21-23-25-27-29-32-34-37-41-45-49-53-57-63(68)65-61(60-66)62(67)56-52-48-44-40-14-12-10-8-6-4-2/h17-18,52,56,61-62,66-67H,3-16,19-51,53-55,57-60H2,1-2H3,(H,65,68)/b18-17-,56-52+. The van der Waals surface area contributed by atoms with Crippen LogP contribution in [0, 0.1) is 0 Å². The fourth-order valence-corrected chi connectivity index (χ4v) is 9.87. The molecule has 6 nitrogen and oxygen atoms in total. The van der Waals surface area contributed by atoms with Gasteiger partial charge in [-0.1, -0.05) is 301 Å². The zero-order valence-electron chi connectivity index (χ0n) is 47.3. The van der Waals surface area contributed by atoms with Gasteiger partial charge in [0, 0.05) is 12.8 Å². The summed E-state index contributed by atoms with van der Waals surface area (Å²) in [6.07, 6.45) is 73.8. The molecule has 414 valence electrons. The second kappa shape index (κ2) is 59.9. The van der Waals surface area contributed by atoms with Crippen molar-refractivity contribution in [1.29, 1.82) is 0 Å². The molecule has 0 aromatic heterocycles. The molecule has 2 unspecified atom stereocenters. The monoisotopic (exact) mass is 986 g/mol. The number of unbranched alkanes of at least 4 members (excludes halogenated alkanes) is 46. The summed E-state index contributed by atoms with van der Waals surface area (Å²) in [6.45, 7) is 4.91. The number of esters is 1. The minimum Gasteiger partial charge on any atom is -0.466 e. The molecule has 0 aliphatic heterocycles. The number of carbonyl (C=O) groups is 2. The summed E-state index contributed by atoms with van der Waals surface area (Å²) in [5.74, 6) is -0.0503. The van der Waals surface area contributed by atoms with E-state index in [0.717, 1.165) is 38.5 Å². The lowest BCUT2D eigenvalue weighted by atomic mass is 10.0. The molecule has 0 aliphatic rings. The molecule has 0 heterocycles. The SMILES string of the molecule is CCCCCCCCCC/C=C/C(O)C(CO)NC(=O)CCCCCCCCCCCCCC/C=C\CCCCCCCCCCCCCCOC(=O)CCCCCCCCCCCCCCCCC. The third-order valence-electron chi connectivity index (χ3n) is 14.7. The van der Waals surface area contributed by atoms with Crippen molar-refractivity contribution >= 4 is 11.9 Å². The molecule has 3 N–H and O–H groups in total. The third-order valence-corrected chi connectivity index (χ3v) is 14.7. The molecule has 70 heavy (non-hydrogen) atoms. The van der Waals surface area contributed by atoms with Gasteiger partial charge in [0.2, 0.25) is 5.91 Å². The van der Waals surface area contributed by atoms with E-state index in [1.807, 2.05) is 6.08 Å². The van der Waals surface area contributed by atoms with Crippen LogP contribution in [0.4, 0.5) is 0 Å². The number of rotatable bonds is 59. The molecule has 0 spiro atoms. The van der Waals surface area contributed by atoms with Gasteiger partial charge < -0.3 is 20.3 Å². The number of aliphatic hydroxyl groups is 2. The smallest absolute Gasteiger partial charge is 0.305 e. The van der Waals surface area contributed by atoms with Gasteiger partial charge in [0.1, 0.15) is 0 Å². The first-order valence-electron chi connectivity index (χ1n) is 31.6. The Morgan fingerprint density at radius 2 is 0.671 bits per heavy atom. The summed E-state index contributed by atoms with van der Waals surface area (Å²) in [6, 6.07) is -0.625. The maximum Gasteiger partial charge on any atom is 0.305 e. The van der Waals surface area contributed by atoms with E-state index in [0.29, 0.717) is 19.4 Å². The second-order valence-electron chi connectivity index (χ2n) is 21.7. The highest BCUT2D eigenvalue weighted by atomic mass is 16.5. The maximum absolute atomic E-state index is 12.4. The highest BCUT2D eigenvalue weighted by Gasteiger charge is 2.18. The summed E-state index contributed by atoms with van der Waals surface area (Å²) in [4.78, 5) is 24.5. The highest BCUT2D eigenvalue weighted by molar-refractivity contribution is 5.76. The van der Waals surface area contributed by atoms with Crippen LogP contribution < -0.4 is 5.32 Å². The zero-order chi connectivity index (χ0) is 50.7. The van der Waals surface area contributed by atoms with Crippen LogP contribution in [0.15, 0.2) is 24.3 Å². The third kappa shape index (κ3) is 55.7. The van der Waals surface area contributed by atoms with Gasteiger partial charge in [0.15, 0.2) is 0 Å². The Kier molecular flexibility index (Phi) is 58.5. The zero-order valence-corrected chi connectivity index (χ0v) is 47.3. The topological polar surface area (TPSA) is 95.9 Å². The van der Waals surface area contributed by atoms with Gasteiger partial charge in [-0.05, 0) is 57.8 Å². The van der Waals surface area contributed by atoms with Crippen molar-refractivity contribution in [3.05, 3.63) is 24.3 Å². The van der Waals surface area contributed by atoms with E-state index >= 15 is 0 Å². The van der Waals surface area contributed by atoms with Crippen LogP contribution in [-0.2, 0) is 14.3 Å². The summed E-state index contributed by atoms with van der Waals surface area (Å²) in [7, 11) is 0. The lowest BCUT2D eigenvalue weighted by molar-refractivity contribution is -0.143. The van der Waals surface area contributed by atoms with Crippen molar-refractivity contribution in [2.45, 2.75) is 360 Å². The van der Waals surface area contributed by atoms with Crippen molar-refractivity contribution in [3.8, 4) is 0 Å². The van der Waals surface area contributed by atoms with Crippen LogP contribution in [0.25, 0.3) is 0 Å². The number of hydrogen-bond donors (Lipinski definition) is 3. The molecule has 0 aromatic rings. The fraction of sp³-hybridized carbons (Fsp3) is 0.906. The average Bonchev–Trinajstić information content (AvgIpc) is 3.36. The number of ether oxygens (including phenoxy) is 1. The van der Waals surface area contributed by atoms with E-state index in [-0.39, 0.29) is 18.5 Å². The van der Waals surface area contributed by atoms with Crippen LogP contribution in [0.3, 0.4) is 0 Å². The number of nitrogens with one attached hydrogen (secondary N) is 1. The Balaban J connectivity index is 3.35. The molecule has 0 bridgehead atoms. The number of carbonyl (C=O) groups excluding carboxylic acids is 2. The van der Waals surface area contributed by atoms with Crippen LogP contribution in [-0.4, -0.2) is 47.4 Å². The number of amides is 1. The van der Waals surface area contributed by atoms with E-state index in [2.05, 4.69) is 31.3 Å². The van der Waals surface area contributed by atoms with E-state index in [9.17, 15) is 19.8 Å². The first-order chi connectivity index (χ1) is 34.5. The number of hydrogen-bond acceptors (Lipinski definition) is 5. The molecule has 0 saturated carbocycles. The average molecular weight is 987 g/mol. The lowest BCUT2D eigenvalue weighted by Gasteiger charge is -2.20. The van der Waals surface area contributed by atoms with E-state index < -0.39 is 12.1 Å². The normalized spacial score (nSPS) is 12.7. The Labute approximate surface area is 437 Å². The van der Waals surface area contributed by atoms with Gasteiger partial charge in [0.05, 0.1) is 25.4 Å². The molecule has 0 fully saturated rings. The van der Waals surface area contributed by atoms with Gasteiger partial charge in [0.25, 0.3) is 0 Å². The second-order valence-corrected chi connectivity index (χ2v) is 21.7. The summed E-state index contributed by atoms with van der Waals surface area (Å²) >= 11 is 0. The molecule has 0 aliphatic carbocycles. The molecule has 0 radical (unpaired) electrons. The molecule has 2 atom stereocenters. The Hall–Kier alpha value is -1.66. The molecule has 6 heteroatoms. The number of allylic oxidation sites excluding steroid dienone is 3. The Bertz CT molecular complexity index is 1090. The predicted molar refractivity (Wildman–Crippen MR) is 306 cm³/mol. The molecular weight excluding hydrogens is 863 g/mol. The predicted octanol–water partition coefficient (Wildman–Crippen LogP) is 19.8. The molecule has 1 amide bonds. The first-order valence-corrected chi connectivity index (χ1v) is 31.6. The largest absolute Gasteiger partial charge is 0.466 e. The van der Waals surface area contributed by atoms with E-state index in [1.165, 1.54) is 283 Å². The Morgan fingerprint density at radius 3 is 1.01 bits per heavy atom. The van der Waals surface area contributed by atoms with Gasteiger partial charge in [-0.15, -0.1) is 0 Å². The molecule has 0 aromatic carbocycles. The van der Waals surface area contributed by atoms with E-state index in [1.54, 1.807) is 6.08 Å². The van der Waals surface area contributed by atoms with Crippen molar-refractivity contribution in [1.82, 2.24) is 5.32 Å². The van der Waals surface area contributed by atoms with Crippen molar-refractivity contribution < 1.29 is 24.5 Å². The van der Waals surface area contributed by atoms with Crippen molar-refractivity contribution in [2.24, 2.45) is 0 Å². The summed E-state index contributed by atoms with van der Waals surface area (Å²) < 4.78 is 5.49. The summed E-state index contributed by atoms with van der Waals surface area (Å²) in [5, 5.41) is 23.0. The lowest BCUT2D eigenvalue weighted by Crippen LogP contribution is -2.45. The molecular formula is C64H123NO5. The van der Waals surface area contributed by atoms with E-state index in [4.69, 9.17) is 4.74 Å². The highest BCUT2D eigenvalue weighted by Crippen LogP contribution is 2.17. The number of aliphatic hydroxyl groups excluding tert-OH is 2. The minimum atomic E-state index is -0.842. The van der Waals surface area contributed by atoms with Crippen LogP contribution in [0.1, 0.15) is 348 Å². The van der Waals surface area contributed by atoms with Crippen LogP contribution in [0.2, 0.25) is 0 Å².